The number of nitrogens with one attached hydrogen (secondary N) is 1. The molecule has 0 aromatic carbocycles. The van der Waals surface area contributed by atoms with Crippen LogP contribution in [0.5, 0.6) is 0 Å². The zero-order valence-electron chi connectivity index (χ0n) is 12.2. The summed E-state index contributed by atoms with van der Waals surface area (Å²) in [5, 5.41) is 15.6. The van der Waals surface area contributed by atoms with Crippen LogP contribution in [0.1, 0.15) is 61.4 Å². The van der Waals surface area contributed by atoms with Gasteiger partial charge in [-0.1, -0.05) is 6.42 Å². The van der Waals surface area contributed by atoms with Crippen LogP contribution in [-0.2, 0) is 6.54 Å². The van der Waals surface area contributed by atoms with Gasteiger partial charge in [0.15, 0.2) is 0 Å². The van der Waals surface area contributed by atoms with E-state index < -0.39 is 0 Å². The summed E-state index contributed by atoms with van der Waals surface area (Å²) in [6, 6.07) is 2.08. The second-order valence-corrected chi connectivity index (χ2v) is 6.25. The number of aromatic amines is 1. The molecule has 2 aliphatic rings. The van der Waals surface area contributed by atoms with Gasteiger partial charge in [-0.3, -0.25) is 10.00 Å². The van der Waals surface area contributed by atoms with Gasteiger partial charge in [0.2, 0.25) is 11.8 Å². The van der Waals surface area contributed by atoms with E-state index in [9.17, 15) is 0 Å². The van der Waals surface area contributed by atoms with Crippen molar-refractivity contribution >= 4 is 0 Å². The Morgan fingerprint density at radius 1 is 1.19 bits per heavy atom. The summed E-state index contributed by atoms with van der Waals surface area (Å²) in [7, 11) is 0. The van der Waals surface area contributed by atoms with Gasteiger partial charge in [0, 0.05) is 30.3 Å². The average molecular weight is 287 g/mol. The van der Waals surface area contributed by atoms with Gasteiger partial charge in [-0.15, -0.1) is 10.2 Å². The molecule has 1 atom stereocenters. The molecule has 2 aromatic heterocycles. The fourth-order valence-corrected chi connectivity index (χ4v) is 3.29. The predicted octanol–water partition coefficient (Wildman–Crippen LogP) is 2.44. The largest absolute Gasteiger partial charge is 0.424 e. The highest BCUT2D eigenvalue weighted by Gasteiger charge is 2.27. The lowest BCUT2D eigenvalue weighted by molar-refractivity contribution is 0.179. The smallest absolute Gasteiger partial charge is 0.230 e. The molecule has 2 aromatic rings. The number of hydrogen-bond donors (Lipinski definition) is 1. The Bertz CT molecular complexity index is 575. The molecule has 1 N–H and O–H groups in total. The SMILES string of the molecule is c1cc([C@@H]2CCCN(Cc3nnc(C4CCC4)o3)C2)[nH]n1. The van der Waals surface area contributed by atoms with E-state index in [0.717, 1.165) is 31.4 Å². The van der Waals surface area contributed by atoms with Crippen LogP contribution in [0.15, 0.2) is 16.7 Å². The highest BCUT2D eigenvalue weighted by molar-refractivity contribution is 5.07. The molecule has 6 nitrogen and oxygen atoms in total. The van der Waals surface area contributed by atoms with E-state index in [4.69, 9.17) is 4.42 Å². The van der Waals surface area contributed by atoms with E-state index in [1.165, 1.54) is 37.8 Å². The van der Waals surface area contributed by atoms with Crippen molar-refractivity contribution in [2.75, 3.05) is 13.1 Å². The monoisotopic (exact) mass is 287 g/mol. The van der Waals surface area contributed by atoms with Gasteiger partial charge in [0.25, 0.3) is 0 Å². The van der Waals surface area contributed by atoms with Crippen molar-refractivity contribution in [2.45, 2.75) is 50.5 Å². The van der Waals surface area contributed by atoms with E-state index in [-0.39, 0.29) is 0 Å². The molecule has 3 heterocycles. The highest BCUT2D eigenvalue weighted by atomic mass is 16.4. The van der Waals surface area contributed by atoms with Crippen molar-refractivity contribution in [2.24, 2.45) is 0 Å². The number of H-pyrrole nitrogens is 1. The number of aromatic nitrogens is 4. The zero-order chi connectivity index (χ0) is 14.1. The molecule has 0 spiro atoms. The summed E-state index contributed by atoms with van der Waals surface area (Å²) < 4.78 is 5.83. The number of piperidine rings is 1. The van der Waals surface area contributed by atoms with Gasteiger partial charge in [0.05, 0.1) is 6.54 Å². The Balaban J connectivity index is 1.38. The lowest BCUT2D eigenvalue weighted by Gasteiger charge is -2.31. The number of hydrogen-bond acceptors (Lipinski definition) is 5. The van der Waals surface area contributed by atoms with Crippen molar-refractivity contribution in [3.8, 4) is 0 Å². The van der Waals surface area contributed by atoms with Gasteiger partial charge in [-0.25, -0.2) is 0 Å². The highest BCUT2D eigenvalue weighted by Crippen LogP contribution is 2.35. The molecule has 21 heavy (non-hydrogen) atoms. The molecular formula is C15H21N5O. The second-order valence-electron chi connectivity index (χ2n) is 6.25. The van der Waals surface area contributed by atoms with Crippen molar-refractivity contribution in [1.82, 2.24) is 25.3 Å². The summed E-state index contributed by atoms with van der Waals surface area (Å²) >= 11 is 0. The van der Waals surface area contributed by atoms with Gasteiger partial charge in [0.1, 0.15) is 0 Å². The molecular weight excluding hydrogens is 266 g/mol. The molecule has 0 radical (unpaired) electrons. The molecule has 112 valence electrons. The van der Waals surface area contributed by atoms with Crippen LogP contribution in [0.25, 0.3) is 0 Å². The van der Waals surface area contributed by atoms with E-state index in [1.807, 2.05) is 6.20 Å². The molecule has 1 saturated carbocycles. The number of likely N-dealkylation sites (tertiary alicyclic amines) is 1. The molecule has 6 heteroatoms. The predicted molar refractivity (Wildman–Crippen MR) is 76.7 cm³/mol. The Labute approximate surface area is 123 Å². The normalized spacial score (nSPS) is 24.1. The van der Waals surface area contributed by atoms with Crippen molar-refractivity contribution in [3.63, 3.8) is 0 Å². The van der Waals surface area contributed by atoms with Crippen LogP contribution in [0.2, 0.25) is 0 Å². The van der Waals surface area contributed by atoms with Crippen molar-refractivity contribution < 1.29 is 4.42 Å². The minimum absolute atomic E-state index is 0.519. The Hall–Kier alpha value is -1.69. The maximum atomic E-state index is 5.83. The molecule has 1 saturated heterocycles. The van der Waals surface area contributed by atoms with Crippen LogP contribution in [0.3, 0.4) is 0 Å². The summed E-state index contributed by atoms with van der Waals surface area (Å²) in [4.78, 5) is 2.41. The second kappa shape index (κ2) is 5.60. The van der Waals surface area contributed by atoms with Gasteiger partial charge in [-0.2, -0.15) is 5.10 Å². The Kier molecular flexibility index (Phi) is 3.47. The maximum absolute atomic E-state index is 5.83. The Morgan fingerprint density at radius 2 is 2.10 bits per heavy atom. The first-order valence-corrected chi connectivity index (χ1v) is 7.92. The first kappa shape index (κ1) is 13.0. The average Bonchev–Trinajstić information content (AvgIpc) is 3.09. The topological polar surface area (TPSA) is 70.8 Å². The quantitative estimate of drug-likeness (QED) is 0.935. The van der Waals surface area contributed by atoms with Gasteiger partial charge in [-0.05, 0) is 38.3 Å². The van der Waals surface area contributed by atoms with Crippen LogP contribution >= 0.6 is 0 Å². The van der Waals surface area contributed by atoms with Crippen LogP contribution in [0, 0.1) is 0 Å². The molecule has 0 unspecified atom stereocenters. The minimum atomic E-state index is 0.519. The minimum Gasteiger partial charge on any atom is -0.424 e. The third-order valence-corrected chi connectivity index (χ3v) is 4.76. The van der Waals surface area contributed by atoms with E-state index >= 15 is 0 Å². The van der Waals surface area contributed by atoms with Crippen LogP contribution in [0.4, 0.5) is 0 Å². The summed E-state index contributed by atoms with van der Waals surface area (Å²) in [5.74, 6) is 2.67. The molecule has 1 aliphatic carbocycles. The molecule has 1 aliphatic heterocycles. The summed E-state index contributed by atoms with van der Waals surface area (Å²) in [6.45, 7) is 2.90. The fourth-order valence-electron chi connectivity index (χ4n) is 3.29. The number of nitrogens with zero attached hydrogens (tertiary/aromatic N) is 4. The first-order chi connectivity index (χ1) is 10.4. The maximum Gasteiger partial charge on any atom is 0.230 e. The third-order valence-electron chi connectivity index (χ3n) is 4.76. The Morgan fingerprint density at radius 3 is 2.86 bits per heavy atom. The van der Waals surface area contributed by atoms with Crippen LogP contribution < -0.4 is 0 Å². The first-order valence-electron chi connectivity index (χ1n) is 7.92. The van der Waals surface area contributed by atoms with Crippen molar-refractivity contribution in [3.05, 3.63) is 29.7 Å². The molecule has 0 bridgehead atoms. The van der Waals surface area contributed by atoms with Gasteiger partial charge >= 0.3 is 0 Å². The van der Waals surface area contributed by atoms with E-state index in [0.29, 0.717) is 11.8 Å². The van der Waals surface area contributed by atoms with Gasteiger partial charge < -0.3 is 4.42 Å². The van der Waals surface area contributed by atoms with E-state index in [1.54, 1.807) is 0 Å². The zero-order valence-corrected chi connectivity index (χ0v) is 12.2. The fraction of sp³-hybridized carbons (Fsp3) is 0.667. The van der Waals surface area contributed by atoms with E-state index in [2.05, 4.69) is 31.4 Å². The molecule has 2 fully saturated rings. The molecule has 0 amide bonds. The lowest BCUT2D eigenvalue weighted by atomic mass is 9.85. The van der Waals surface area contributed by atoms with Crippen LogP contribution in [-0.4, -0.2) is 38.4 Å². The lowest BCUT2D eigenvalue weighted by Crippen LogP contribution is -2.34. The summed E-state index contributed by atoms with van der Waals surface area (Å²) in [5.41, 5.74) is 1.24. The summed E-state index contributed by atoms with van der Waals surface area (Å²) in [6.07, 6.45) is 7.95. The number of rotatable bonds is 4. The molecule has 4 rings (SSSR count). The standard InChI is InChI=1S/C15H21N5O/c1-3-11(4-1)15-19-18-14(21-15)10-20-8-2-5-12(9-20)13-6-7-16-17-13/h6-7,11-12H,1-5,8-10H2,(H,16,17)/t12-/m1/s1. The third kappa shape index (κ3) is 2.72. The van der Waals surface area contributed by atoms with Crippen molar-refractivity contribution in [1.29, 1.82) is 0 Å².